The van der Waals surface area contributed by atoms with Crippen LogP contribution in [0.5, 0.6) is 5.75 Å². The van der Waals surface area contributed by atoms with Crippen molar-refractivity contribution in [3.63, 3.8) is 0 Å². The van der Waals surface area contributed by atoms with Crippen LogP contribution in [0.25, 0.3) is 0 Å². The molecule has 2 saturated heterocycles. The topological polar surface area (TPSA) is 53.1 Å². The van der Waals surface area contributed by atoms with Crippen molar-refractivity contribution in [2.24, 2.45) is 0 Å². The lowest BCUT2D eigenvalue weighted by molar-refractivity contribution is -0.131. The van der Waals surface area contributed by atoms with E-state index in [1.54, 1.807) is 7.11 Å². The average Bonchev–Trinajstić information content (AvgIpc) is 3.32. The molecule has 31 heavy (non-hydrogen) atoms. The van der Waals surface area contributed by atoms with Crippen LogP contribution in [-0.2, 0) is 17.8 Å². The number of benzene rings is 2. The lowest BCUT2D eigenvalue weighted by atomic mass is 10.1. The fraction of sp³-hybridized carbons (Fsp3) is 0.440. The Kier molecular flexibility index (Phi) is 6.87. The predicted octanol–water partition coefficient (Wildman–Crippen LogP) is 2.82. The van der Waals surface area contributed by atoms with Crippen molar-refractivity contribution in [3.8, 4) is 5.75 Å². The van der Waals surface area contributed by atoms with E-state index in [1.165, 1.54) is 18.4 Å². The summed E-state index contributed by atoms with van der Waals surface area (Å²) in [6, 6.07) is 15.6. The van der Waals surface area contributed by atoms with Crippen molar-refractivity contribution in [1.29, 1.82) is 0 Å². The zero-order valence-electron chi connectivity index (χ0n) is 18.3. The van der Waals surface area contributed by atoms with E-state index in [0.717, 1.165) is 36.5 Å². The van der Waals surface area contributed by atoms with Gasteiger partial charge in [-0.3, -0.25) is 14.5 Å². The number of likely N-dealkylation sites (tertiary alicyclic amines) is 1. The normalized spacial score (nSPS) is 17.1. The van der Waals surface area contributed by atoms with E-state index in [2.05, 4.69) is 11.0 Å². The maximum atomic E-state index is 13.0. The summed E-state index contributed by atoms with van der Waals surface area (Å²) < 4.78 is 5.24. The molecule has 0 aromatic heterocycles. The van der Waals surface area contributed by atoms with Gasteiger partial charge in [-0.25, -0.2) is 0 Å². The SMILES string of the molecule is COc1cccc(CC(=O)N2CCN(C(=O)c3cccc(CN4CCCC4)c3)CC2)c1. The Morgan fingerprint density at radius 2 is 1.52 bits per heavy atom. The lowest BCUT2D eigenvalue weighted by Crippen LogP contribution is -2.51. The molecule has 4 rings (SSSR count). The molecule has 2 heterocycles. The molecule has 2 amide bonds. The molecule has 6 heteroatoms. The van der Waals surface area contributed by atoms with Crippen LogP contribution in [0.3, 0.4) is 0 Å². The Hall–Kier alpha value is -2.86. The van der Waals surface area contributed by atoms with Gasteiger partial charge in [0.15, 0.2) is 0 Å². The Morgan fingerprint density at radius 1 is 0.839 bits per heavy atom. The first-order valence-corrected chi connectivity index (χ1v) is 11.1. The first-order valence-electron chi connectivity index (χ1n) is 11.1. The van der Waals surface area contributed by atoms with E-state index in [4.69, 9.17) is 4.74 Å². The minimum absolute atomic E-state index is 0.0585. The van der Waals surface area contributed by atoms with Gasteiger partial charge in [0, 0.05) is 38.3 Å². The summed E-state index contributed by atoms with van der Waals surface area (Å²) in [5, 5.41) is 0. The molecule has 0 aliphatic carbocycles. The molecule has 2 aromatic carbocycles. The lowest BCUT2D eigenvalue weighted by Gasteiger charge is -2.35. The van der Waals surface area contributed by atoms with Crippen LogP contribution in [0, 0.1) is 0 Å². The number of ether oxygens (including phenoxy) is 1. The number of rotatable bonds is 6. The van der Waals surface area contributed by atoms with Gasteiger partial charge in [0.1, 0.15) is 5.75 Å². The molecule has 0 bridgehead atoms. The maximum absolute atomic E-state index is 13.0. The summed E-state index contributed by atoms with van der Waals surface area (Å²) in [5.74, 6) is 0.906. The largest absolute Gasteiger partial charge is 0.497 e. The second-order valence-corrected chi connectivity index (χ2v) is 8.38. The zero-order chi connectivity index (χ0) is 21.6. The first-order chi connectivity index (χ1) is 15.1. The third-order valence-electron chi connectivity index (χ3n) is 6.19. The minimum Gasteiger partial charge on any atom is -0.497 e. The van der Waals surface area contributed by atoms with Crippen LogP contribution in [0.15, 0.2) is 48.5 Å². The van der Waals surface area contributed by atoms with Gasteiger partial charge in [-0.1, -0.05) is 24.3 Å². The predicted molar refractivity (Wildman–Crippen MR) is 120 cm³/mol. The van der Waals surface area contributed by atoms with Crippen molar-refractivity contribution < 1.29 is 14.3 Å². The van der Waals surface area contributed by atoms with E-state index >= 15 is 0 Å². The highest BCUT2D eigenvalue weighted by atomic mass is 16.5. The standard InChI is InChI=1S/C25H31N3O3/c1-31-23-9-5-6-20(17-23)18-24(29)27-12-14-28(15-13-27)25(30)22-8-4-7-21(16-22)19-26-10-2-3-11-26/h4-9,16-17H,2-3,10-15,18-19H2,1H3. The number of hydrogen-bond acceptors (Lipinski definition) is 4. The van der Waals surface area contributed by atoms with Crippen LogP contribution in [0.2, 0.25) is 0 Å². The second-order valence-electron chi connectivity index (χ2n) is 8.38. The van der Waals surface area contributed by atoms with Crippen molar-refractivity contribution in [2.75, 3.05) is 46.4 Å². The zero-order valence-corrected chi connectivity index (χ0v) is 18.3. The molecule has 6 nitrogen and oxygen atoms in total. The molecule has 0 unspecified atom stereocenters. The van der Waals surface area contributed by atoms with Crippen molar-refractivity contribution in [2.45, 2.75) is 25.8 Å². The Bertz CT molecular complexity index is 916. The molecule has 164 valence electrons. The molecular weight excluding hydrogens is 390 g/mol. The van der Waals surface area contributed by atoms with E-state index in [9.17, 15) is 9.59 Å². The molecule has 2 aliphatic heterocycles. The Morgan fingerprint density at radius 3 is 2.26 bits per heavy atom. The molecule has 0 saturated carbocycles. The van der Waals surface area contributed by atoms with Crippen molar-refractivity contribution in [3.05, 3.63) is 65.2 Å². The number of carbonyl (C=O) groups is 2. The number of hydrogen-bond donors (Lipinski definition) is 0. The van der Waals surface area contributed by atoms with Gasteiger partial charge in [-0.15, -0.1) is 0 Å². The fourth-order valence-corrected chi connectivity index (χ4v) is 4.41. The Balaban J connectivity index is 1.30. The smallest absolute Gasteiger partial charge is 0.253 e. The minimum atomic E-state index is 0.0585. The van der Waals surface area contributed by atoms with Crippen LogP contribution < -0.4 is 4.74 Å². The van der Waals surface area contributed by atoms with Crippen LogP contribution in [0.1, 0.15) is 34.3 Å². The van der Waals surface area contributed by atoms with Crippen molar-refractivity contribution >= 4 is 11.8 Å². The van der Waals surface area contributed by atoms with Gasteiger partial charge >= 0.3 is 0 Å². The van der Waals surface area contributed by atoms with Crippen LogP contribution in [-0.4, -0.2) is 72.9 Å². The summed E-state index contributed by atoms with van der Waals surface area (Å²) in [7, 11) is 1.62. The molecular formula is C25H31N3O3. The molecule has 2 fully saturated rings. The van der Waals surface area contributed by atoms with Gasteiger partial charge in [0.2, 0.25) is 5.91 Å². The van der Waals surface area contributed by atoms with E-state index < -0.39 is 0 Å². The summed E-state index contributed by atoms with van der Waals surface area (Å²) in [5.41, 5.74) is 2.88. The molecule has 0 N–H and O–H groups in total. The van der Waals surface area contributed by atoms with Gasteiger partial charge in [0.05, 0.1) is 13.5 Å². The first kappa shape index (κ1) is 21.4. The summed E-state index contributed by atoms with van der Waals surface area (Å²) in [6.45, 7) is 5.48. The molecule has 0 spiro atoms. The number of carbonyl (C=O) groups excluding carboxylic acids is 2. The van der Waals surface area contributed by atoms with Crippen LogP contribution in [0.4, 0.5) is 0 Å². The quantitative estimate of drug-likeness (QED) is 0.720. The molecule has 2 aromatic rings. The highest BCUT2D eigenvalue weighted by molar-refractivity contribution is 5.94. The van der Waals surface area contributed by atoms with E-state index in [-0.39, 0.29) is 11.8 Å². The van der Waals surface area contributed by atoms with Gasteiger partial charge in [-0.05, 0) is 61.3 Å². The molecule has 0 radical (unpaired) electrons. The number of nitrogens with zero attached hydrogens (tertiary/aromatic N) is 3. The summed E-state index contributed by atoms with van der Waals surface area (Å²) >= 11 is 0. The maximum Gasteiger partial charge on any atom is 0.253 e. The third kappa shape index (κ3) is 5.44. The third-order valence-corrected chi connectivity index (χ3v) is 6.19. The van der Waals surface area contributed by atoms with E-state index in [1.807, 2.05) is 52.3 Å². The summed E-state index contributed by atoms with van der Waals surface area (Å²) in [6.07, 6.45) is 2.88. The monoisotopic (exact) mass is 421 g/mol. The van der Waals surface area contributed by atoms with Gasteiger partial charge in [0.25, 0.3) is 5.91 Å². The molecule has 0 atom stereocenters. The Labute approximate surface area is 184 Å². The number of methoxy groups -OCH3 is 1. The van der Waals surface area contributed by atoms with Gasteiger partial charge < -0.3 is 14.5 Å². The average molecular weight is 422 g/mol. The molecule has 2 aliphatic rings. The summed E-state index contributed by atoms with van der Waals surface area (Å²) in [4.78, 5) is 31.9. The highest BCUT2D eigenvalue weighted by Gasteiger charge is 2.25. The highest BCUT2D eigenvalue weighted by Crippen LogP contribution is 2.17. The number of amides is 2. The van der Waals surface area contributed by atoms with E-state index in [0.29, 0.717) is 32.6 Å². The van der Waals surface area contributed by atoms with Crippen LogP contribution >= 0.6 is 0 Å². The van der Waals surface area contributed by atoms with Gasteiger partial charge in [-0.2, -0.15) is 0 Å². The second kappa shape index (κ2) is 9.96. The number of piperazine rings is 1. The van der Waals surface area contributed by atoms with Crippen molar-refractivity contribution in [1.82, 2.24) is 14.7 Å². The fourth-order valence-electron chi connectivity index (χ4n) is 4.41.